The Morgan fingerprint density at radius 2 is 2.18 bits per heavy atom. The first-order valence-corrected chi connectivity index (χ1v) is 5.97. The predicted octanol–water partition coefficient (Wildman–Crippen LogP) is 2.36. The quantitative estimate of drug-likeness (QED) is 0.819. The average molecular weight is 251 g/mol. The smallest absolute Gasteiger partial charge is 0.134 e. The third-order valence-corrected chi connectivity index (χ3v) is 2.83. The van der Waals surface area contributed by atoms with Crippen molar-refractivity contribution < 1.29 is 5.11 Å². The zero-order chi connectivity index (χ0) is 12.3. The summed E-state index contributed by atoms with van der Waals surface area (Å²) < 4.78 is 0. The Balaban J connectivity index is 2.19. The molecule has 0 fully saturated rings. The lowest BCUT2D eigenvalue weighted by Crippen LogP contribution is -2.24. The molecule has 1 aromatic carbocycles. The van der Waals surface area contributed by atoms with Crippen LogP contribution < -0.4 is 5.32 Å². The lowest BCUT2D eigenvalue weighted by molar-refractivity contribution is 0.191. The molecule has 2 rings (SSSR count). The molecule has 0 radical (unpaired) electrons. The molecule has 2 N–H and O–H groups in total. The number of aliphatic hydroxyl groups excluding tert-OH is 1. The Labute approximate surface area is 105 Å². The summed E-state index contributed by atoms with van der Waals surface area (Å²) >= 11 is 6.10. The molecule has 17 heavy (non-hydrogen) atoms. The molecule has 90 valence electrons. The minimum absolute atomic E-state index is 0.359. The van der Waals surface area contributed by atoms with Crippen LogP contribution in [0, 0.1) is 0 Å². The predicted molar refractivity (Wildman–Crippen MR) is 70.1 cm³/mol. The molecule has 0 aliphatic carbocycles. The van der Waals surface area contributed by atoms with E-state index in [1.165, 1.54) is 0 Å². The summed E-state index contributed by atoms with van der Waals surface area (Å²) in [7, 11) is 0. The molecule has 0 saturated heterocycles. The van der Waals surface area contributed by atoms with Gasteiger partial charge in [0, 0.05) is 24.0 Å². The van der Waals surface area contributed by atoms with Gasteiger partial charge in [-0.05, 0) is 19.1 Å². The van der Waals surface area contributed by atoms with Crippen molar-refractivity contribution in [3.05, 3.63) is 41.0 Å². The molecule has 0 saturated carbocycles. The first-order valence-electron chi connectivity index (χ1n) is 5.60. The molecule has 3 nitrogen and oxygen atoms in total. The molecule has 1 unspecified atom stereocenters. The van der Waals surface area contributed by atoms with E-state index in [1.54, 1.807) is 6.92 Å². The van der Waals surface area contributed by atoms with E-state index >= 15 is 0 Å². The Bertz CT molecular complexity index is 514. The normalized spacial score (nSPS) is 12.9. The molecule has 1 atom stereocenters. The second-order valence-corrected chi connectivity index (χ2v) is 4.47. The SMILES string of the molecule is CC(O)CNCc1cc2ccccc2nc1Cl. The largest absolute Gasteiger partial charge is 0.392 e. The zero-order valence-electron chi connectivity index (χ0n) is 9.65. The summed E-state index contributed by atoms with van der Waals surface area (Å²) in [5.41, 5.74) is 1.85. The highest BCUT2D eigenvalue weighted by molar-refractivity contribution is 6.30. The monoisotopic (exact) mass is 250 g/mol. The number of nitrogens with zero attached hydrogens (tertiary/aromatic N) is 1. The van der Waals surface area contributed by atoms with Crippen molar-refractivity contribution in [2.24, 2.45) is 0 Å². The van der Waals surface area contributed by atoms with Gasteiger partial charge >= 0.3 is 0 Å². The Morgan fingerprint density at radius 3 is 2.94 bits per heavy atom. The summed E-state index contributed by atoms with van der Waals surface area (Å²) in [6.45, 7) is 2.90. The standard InChI is InChI=1S/C13H15ClN2O/c1-9(17)7-15-8-11-6-10-4-2-3-5-12(10)16-13(11)14/h2-6,9,15,17H,7-8H2,1H3. The lowest BCUT2D eigenvalue weighted by Gasteiger charge is -2.09. The maximum atomic E-state index is 9.16. The van der Waals surface area contributed by atoms with Gasteiger partial charge in [-0.15, -0.1) is 0 Å². The number of fused-ring (bicyclic) bond motifs is 1. The molecule has 0 spiro atoms. The van der Waals surface area contributed by atoms with Crippen LogP contribution >= 0.6 is 11.6 Å². The summed E-state index contributed by atoms with van der Waals surface area (Å²) in [5.74, 6) is 0. The van der Waals surface area contributed by atoms with Crippen LogP contribution in [0.3, 0.4) is 0 Å². The van der Waals surface area contributed by atoms with Crippen molar-refractivity contribution in [3.8, 4) is 0 Å². The Morgan fingerprint density at radius 1 is 1.41 bits per heavy atom. The molecule has 2 aromatic rings. The highest BCUT2D eigenvalue weighted by Crippen LogP contribution is 2.20. The highest BCUT2D eigenvalue weighted by atomic mass is 35.5. The molecule has 0 bridgehead atoms. The molecule has 0 amide bonds. The van der Waals surface area contributed by atoms with Gasteiger partial charge in [0.25, 0.3) is 0 Å². The van der Waals surface area contributed by atoms with E-state index in [0.717, 1.165) is 16.5 Å². The topological polar surface area (TPSA) is 45.1 Å². The molecule has 1 heterocycles. The van der Waals surface area contributed by atoms with Gasteiger partial charge in [-0.2, -0.15) is 0 Å². The van der Waals surface area contributed by atoms with Gasteiger partial charge in [0.05, 0.1) is 11.6 Å². The number of halogens is 1. The van der Waals surface area contributed by atoms with Gasteiger partial charge in [-0.25, -0.2) is 4.98 Å². The number of rotatable bonds is 4. The van der Waals surface area contributed by atoms with Crippen LogP contribution in [-0.2, 0) is 6.54 Å². The van der Waals surface area contributed by atoms with Gasteiger partial charge in [-0.1, -0.05) is 29.8 Å². The molecule has 0 aliphatic rings. The fourth-order valence-corrected chi connectivity index (χ4v) is 1.89. The minimum atomic E-state index is -0.359. The number of aromatic nitrogens is 1. The number of benzene rings is 1. The zero-order valence-corrected chi connectivity index (χ0v) is 10.4. The van der Waals surface area contributed by atoms with E-state index in [1.807, 2.05) is 30.3 Å². The summed E-state index contributed by atoms with van der Waals surface area (Å²) in [6, 6.07) is 9.90. The average Bonchev–Trinajstić information content (AvgIpc) is 2.29. The second kappa shape index (κ2) is 5.45. The van der Waals surface area contributed by atoms with Crippen molar-refractivity contribution in [3.63, 3.8) is 0 Å². The van der Waals surface area contributed by atoms with Crippen LogP contribution in [0.2, 0.25) is 5.15 Å². The number of pyridine rings is 1. The molecule has 0 aliphatic heterocycles. The van der Waals surface area contributed by atoms with Crippen molar-refractivity contribution in [2.75, 3.05) is 6.54 Å². The van der Waals surface area contributed by atoms with Gasteiger partial charge in [-0.3, -0.25) is 0 Å². The lowest BCUT2D eigenvalue weighted by atomic mass is 10.1. The van der Waals surface area contributed by atoms with E-state index in [9.17, 15) is 0 Å². The van der Waals surface area contributed by atoms with Gasteiger partial charge in [0.1, 0.15) is 5.15 Å². The van der Waals surface area contributed by atoms with Crippen molar-refractivity contribution >= 4 is 22.5 Å². The summed E-state index contributed by atoms with van der Waals surface area (Å²) in [5, 5.41) is 13.9. The van der Waals surface area contributed by atoms with E-state index in [2.05, 4.69) is 10.3 Å². The van der Waals surface area contributed by atoms with Crippen LogP contribution in [0.25, 0.3) is 10.9 Å². The van der Waals surface area contributed by atoms with E-state index < -0.39 is 0 Å². The van der Waals surface area contributed by atoms with Gasteiger partial charge in [0.15, 0.2) is 0 Å². The number of nitrogens with one attached hydrogen (secondary N) is 1. The third kappa shape index (κ3) is 3.16. The van der Waals surface area contributed by atoms with E-state index in [0.29, 0.717) is 18.2 Å². The van der Waals surface area contributed by atoms with Crippen molar-refractivity contribution in [2.45, 2.75) is 19.6 Å². The van der Waals surface area contributed by atoms with Gasteiger partial charge < -0.3 is 10.4 Å². The van der Waals surface area contributed by atoms with Crippen molar-refractivity contribution in [1.29, 1.82) is 0 Å². The number of hydrogen-bond acceptors (Lipinski definition) is 3. The molecule has 1 aromatic heterocycles. The Kier molecular flexibility index (Phi) is 3.94. The fraction of sp³-hybridized carbons (Fsp3) is 0.308. The molecular formula is C13H15ClN2O. The van der Waals surface area contributed by atoms with Crippen molar-refractivity contribution in [1.82, 2.24) is 10.3 Å². The van der Waals surface area contributed by atoms with Crippen LogP contribution in [0.5, 0.6) is 0 Å². The maximum absolute atomic E-state index is 9.16. The summed E-state index contributed by atoms with van der Waals surface area (Å²) in [4.78, 5) is 4.34. The molecular weight excluding hydrogens is 236 g/mol. The van der Waals surface area contributed by atoms with E-state index in [-0.39, 0.29) is 6.10 Å². The number of para-hydroxylation sites is 1. The van der Waals surface area contributed by atoms with Crippen LogP contribution in [0.1, 0.15) is 12.5 Å². The molecule has 4 heteroatoms. The van der Waals surface area contributed by atoms with E-state index in [4.69, 9.17) is 16.7 Å². The third-order valence-electron chi connectivity index (χ3n) is 2.51. The Hall–Kier alpha value is -1.16. The minimum Gasteiger partial charge on any atom is -0.392 e. The highest BCUT2D eigenvalue weighted by Gasteiger charge is 2.04. The van der Waals surface area contributed by atoms with Crippen LogP contribution in [0.15, 0.2) is 30.3 Å². The van der Waals surface area contributed by atoms with Crippen LogP contribution in [-0.4, -0.2) is 22.7 Å². The number of hydrogen-bond donors (Lipinski definition) is 2. The second-order valence-electron chi connectivity index (χ2n) is 4.11. The van der Waals surface area contributed by atoms with Gasteiger partial charge in [0.2, 0.25) is 0 Å². The number of aliphatic hydroxyl groups is 1. The fourth-order valence-electron chi connectivity index (χ4n) is 1.68. The van der Waals surface area contributed by atoms with Crippen LogP contribution in [0.4, 0.5) is 0 Å². The first-order chi connectivity index (χ1) is 8.16. The maximum Gasteiger partial charge on any atom is 0.134 e. The summed E-state index contributed by atoms with van der Waals surface area (Å²) in [6.07, 6.45) is -0.359. The first kappa shape index (κ1) is 12.3.